The van der Waals surface area contributed by atoms with Crippen LogP contribution in [-0.2, 0) is 0 Å². The van der Waals surface area contributed by atoms with Gasteiger partial charge in [0.05, 0.1) is 18.5 Å². The van der Waals surface area contributed by atoms with Gasteiger partial charge in [0.25, 0.3) is 5.91 Å². The Morgan fingerprint density at radius 3 is 2.97 bits per heavy atom. The molecule has 1 amide bonds. The molecule has 1 unspecified atom stereocenters. The molecule has 150 valence electrons. The van der Waals surface area contributed by atoms with E-state index in [-0.39, 0.29) is 11.9 Å². The number of aryl methyl sites for hydroxylation is 1. The quantitative estimate of drug-likeness (QED) is 0.693. The maximum Gasteiger partial charge on any atom is 0.263 e. The molecule has 1 atom stereocenters. The number of nitrogens with zero attached hydrogens (tertiary/aromatic N) is 3. The van der Waals surface area contributed by atoms with E-state index in [1.54, 1.807) is 13.3 Å². The standard InChI is InChI=1S/C22H24N4O2S/c1-15-20(29-22(24-15)19-10-3-4-11-23-19)21(27)25-16-7-6-12-26(14-16)17-8-5-9-18(13-17)28-2/h3-5,8-11,13,16H,6-7,12,14H2,1-2H3,(H,25,27). The van der Waals surface area contributed by atoms with Gasteiger partial charge in [0.15, 0.2) is 0 Å². The molecule has 3 heterocycles. The highest BCUT2D eigenvalue weighted by Gasteiger charge is 2.24. The van der Waals surface area contributed by atoms with Crippen LogP contribution in [0.15, 0.2) is 48.7 Å². The number of benzene rings is 1. The van der Waals surface area contributed by atoms with Crippen LogP contribution in [0.2, 0.25) is 0 Å². The zero-order valence-electron chi connectivity index (χ0n) is 16.6. The van der Waals surface area contributed by atoms with E-state index in [4.69, 9.17) is 4.74 Å². The van der Waals surface area contributed by atoms with Gasteiger partial charge in [-0.1, -0.05) is 12.1 Å². The van der Waals surface area contributed by atoms with Crippen LogP contribution in [0.1, 0.15) is 28.2 Å². The van der Waals surface area contributed by atoms with Gasteiger partial charge in [-0.25, -0.2) is 4.98 Å². The smallest absolute Gasteiger partial charge is 0.263 e. The number of aromatic nitrogens is 2. The number of amides is 1. The number of carbonyl (C=O) groups is 1. The fourth-order valence-electron chi connectivity index (χ4n) is 3.59. The van der Waals surface area contributed by atoms with Crippen LogP contribution in [0, 0.1) is 6.92 Å². The molecular weight excluding hydrogens is 384 g/mol. The second-order valence-corrected chi connectivity index (χ2v) is 8.11. The third-order valence-corrected chi connectivity index (χ3v) is 6.24. The summed E-state index contributed by atoms with van der Waals surface area (Å²) in [6, 6.07) is 13.9. The van der Waals surface area contributed by atoms with Crippen molar-refractivity contribution < 1.29 is 9.53 Å². The summed E-state index contributed by atoms with van der Waals surface area (Å²) in [6.45, 7) is 3.63. The summed E-state index contributed by atoms with van der Waals surface area (Å²) in [6.07, 6.45) is 3.74. The Morgan fingerprint density at radius 2 is 2.17 bits per heavy atom. The Labute approximate surface area is 174 Å². The average Bonchev–Trinajstić information content (AvgIpc) is 3.16. The van der Waals surface area contributed by atoms with Gasteiger partial charge in [-0.2, -0.15) is 0 Å². The number of rotatable bonds is 5. The number of anilines is 1. The summed E-state index contributed by atoms with van der Waals surface area (Å²) in [7, 11) is 1.68. The highest BCUT2D eigenvalue weighted by atomic mass is 32.1. The highest BCUT2D eigenvalue weighted by molar-refractivity contribution is 7.17. The number of methoxy groups -OCH3 is 1. The molecule has 4 rings (SSSR count). The molecule has 7 heteroatoms. The van der Waals surface area contributed by atoms with Gasteiger partial charge in [0, 0.05) is 37.1 Å². The zero-order valence-corrected chi connectivity index (χ0v) is 17.4. The van der Waals surface area contributed by atoms with Gasteiger partial charge >= 0.3 is 0 Å². The molecule has 1 fully saturated rings. The normalized spacial score (nSPS) is 16.5. The Morgan fingerprint density at radius 1 is 1.28 bits per heavy atom. The van der Waals surface area contributed by atoms with Crippen LogP contribution in [-0.4, -0.2) is 42.1 Å². The molecule has 0 bridgehead atoms. The largest absolute Gasteiger partial charge is 0.497 e. The van der Waals surface area contributed by atoms with E-state index in [9.17, 15) is 4.79 Å². The summed E-state index contributed by atoms with van der Waals surface area (Å²) in [5, 5.41) is 3.98. The summed E-state index contributed by atoms with van der Waals surface area (Å²) in [5.74, 6) is 0.788. The van der Waals surface area contributed by atoms with Crippen LogP contribution >= 0.6 is 11.3 Å². The molecule has 2 aromatic heterocycles. The van der Waals surface area contributed by atoms with Crippen LogP contribution in [0.4, 0.5) is 5.69 Å². The predicted molar refractivity (Wildman–Crippen MR) is 116 cm³/mol. The van der Waals surface area contributed by atoms with Crippen molar-refractivity contribution in [2.75, 3.05) is 25.1 Å². The first-order valence-electron chi connectivity index (χ1n) is 9.73. The van der Waals surface area contributed by atoms with Crippen LogP contribution in [0.5, 0.6) is 5.75 Å². The lowest BCUT2D eigenvalue weighted by atomic mass is 10.0. The topological polar surface area (TPSA) is 67.3 Å². The predicted octanol–water partition coefficient (Wildman–Crippen LogP) is 3.92. The van der Waals surface area contributed by atoms with Crippen molar-refractivity contribution >= 4 is 22.9 Å². The number of piperidine rings is 1. The van der Waals surface area contributed by atoms with Gasteiger partial charge in [0.2, 0.25) is 0 Å². The van der Waals surface area contributed by atoms with Gasteiger partial charge in [-0.3, -0.25) is 9.78 Å². The fourth-order valence-corrected chi connectivity index (χ4v) is 4.54. The van der Waals surface area contributed by atoms with Crippen molar-refractivity contribution in [1.82, 2.24) is 15.3 Å². The molecule has 1 N–H and O–H groups in total. The van der Waals surface area contributed by atoms with Crippen LogP contribution in [0.25, 0.3) is 10.7 Å². The third kappa shape index (κ3) is 4.40. The van der Waals surface area contributed by atoms with Gasteiger partial charge in [0.1, 0.15) is 15.6 Å². The third-order valence-electron chi connectivity index (χ3n) is 5.06. The molecule has 3 aromatic rings. The second kappa shape index (κ2) is 8.61. The molecular formula is C22H24N4O2S. The minimum Gasteiger partial charge on any atom is -0.497 e. The van der Waals surface area contributed by atoms with Crippen molar-refractivity contribution in [2.24, 2.45) is 0 Å². The minimum absolute atomic E-state index is 0.0559. The van der Waals surface area contributed by atoms with Crippen molar-refractivity contribution in [3.8, 4) is 16.5 Å². The molecule has 0 spiro atoms. The zero-order chi connectivity index (χ0) is 20.2. The van der Waals surface area contributed by atoms with Crippen LogP contribution < -0.4 is 15.0 Å². The number of nitrogens with one attached hydrogen (secondary N) is 1. The highest BCUT2D eigenvalue weighted by Crippen LogP contribution is 2.27. The maximum atomic E-state index is 12.9. The summed E-state index contributed by atoms with van der Waals surface area (Å²) in [5.41, 5.74) is 2.66. The number of ether oxygens (including phenoxy) is 1. The number of hydrogen-bond acceptors (Lipinski definition) is 6. The van der Waals surface area contributed by atoms with Crippen molar-refractivity contribution in [2.45, 2.75) is 25.8 Å². The maximum absolute atomic E-state index is 12.9. The first-order valence-corrected chi connectivity index (χ1v) is 10.5. The summed E-state index contributed by atoms with van der Waals surface area (Å²) in [4.78, 5) is 24.8. The average molecular weight is 409 g/mol. The molecule has 1 saturated heterocycles. The van der Waals surface area contributed by atoms with Gasteiger partial charge in [-0.05, 0) is 44.0 Å². The lowest BCUT2D eigenvalue weighted by Gasteiger charge is -2.34. The molecule has 1 aliphatic heterocycles. The second-order valence-electron chi connectivity index (χ2n) is 7.11. The monoisotopic (exact) mass is 408 g/mol. The Balaban J connectivity index is 1.45. The molecule has 29 heavy (non-hydrogen) atoms. The van der Waals surface area contributed by atoms with E-state index >= 15 is 0 Å². The number of carbonyl (C=O) groups excluding carboxylic acids is 1. The number of hydrogen-bond donors (Lipinski definition) is 1. The summed E-state index contributed by atoms with van der Waals surface area (Å²) < 4.78 is 5.34. The first-order chi connectivity index (χ1) is 14.1. The van der Waals surface area contributed by atoms with Crippen molar-refractivity contribution in [1.29, 1.82) is 0 Å². The van der Waals surface area contributed by atoms with Gasteiger partial charge < -0.3 is 15.0 Å². The SMILES string of the molecule is COc1cccc(N2CCCC(NC(=O)c3sc(-c4ccccn4)nc3C)C2)c1. The van der Waals surface area contributed by atoms with E-state index in [0.717, 1.165) is 53.8 Å². The van der Waals surface area contributed by atoms with Crippen molar-refractivity contribution in [3.05, 3.63) is 59.2 Å². The van der Waals surface area contributed by atoms with E-state index in [1.165, 1.54) is 11.3 Å². The minimum atomic E-state index is -0.0559. The van der Waals surface area contributed by atoms with E-state index in [1.807, 2.05) is 43.3 Å². The molecule has 1 aromatic carbocycles. The van der Waals surface area contributed by atoms with E-state index < -0.39 is 0 Å². The Hall–Kier alpha value is -2.93. The molecule has 0 saturated carbocycles. The summed E-state index contributed by atoms with van der Waals surface area (Å²) >= 11 is 1.40. The van der Waals surface area contributed by atoms with Crippen molar-refractivity contribution in [3.63, 3.8) is 0 Å². The Kier molecular flexibility index (Phi) is 5.76. The fraction of sp³-hybridized carbons (Fsp3) is 0.318. The van der Waals surface area contributed by atoms with E-state index in [0.29, 0.717) is 4.88 Å². The molecule has 6 nitrogen and oxygen atoms in total. The lowest BCUT2D eigenvalue weighted by Crippen LogP contribution is -2.47. The van der Waals surface area contributed by atoms with Gasteiger partial charge in [-0.15, -0.1) is 11.3 Å². The first kappa shape index (κ1) is 19.4. The molecule has 1 aliphatic rings. The Bertz CT molecular complexity index is 989. The van der Waals surface area contributed by atoms with E-state index in [2.05, 4.69) is 26.3 Å². The lowest BCUT2D eigenvalue weighted by molar-refractivity contribution is 0.0936. The number of thiazole rings is 1. The molecule has 0 aliphatic carbocycles. The van der Waals surface area contributed by atoms with Crippen LogP contribution in [0.3, 0.4) is 0 Å². The number of pyridine rings is 1. The molecule has 0 radical (unpaired) electrons.